The summed E-state index contributed by atoms with van der Waals surface area (Å²) in [5, 5.41) is 5.68. The number of amides is 3. The van der Waals surface area contributed by atoms with Gasteiger partial charge >= 0.3 is 6.03 Å². The number of nitrogens with one attached hydrogen (secondary N) is 2. The third kappa shape index (κ3) is 3.23. The summed E-state index contributed by atoms with van der Waals surface area (Å²) in [5.74, 6) is 0.0397. The van der Waals surface area contributed by atoms with Gasteiger partial charge in [-0.2, -0.15) is 0 Å². The quantitative estimate of drug-likeness (QED) is 0.793. The zero-order valence-corrected chi connectivity index (χ0v) is 13.5. The number of carbonyl (C=O) groups is 2. The van der Waals surface area contributed by atoms with Crippen molar-refractivity contribution in [3.63, 3.8) is 0 Å². The molecule has 0 aromatic heterocycles. The Balaban J connectivity index is 1.76. The molecule has 1 atom stereocenters. The van der Waals surface area contributed by atoms with Crippen molar-refractivity contribution in [3.05, 3.63) is 47.2 Å². The van der Waals surface area contributed by atoms with E-state index in [0.717, 1.165) is 30.6 Å². The van der Waals surface area contributed by atoms with Crippen LogP contribution in [0.1, 0.15) is 44.2 Å². The Morgan fingerprint density at radius 2 is 1.91 bits per heavy atom. The maximum atomic E-state index is 12.8. The van der Waals surface area contributed by atoms with Crippen molar-refractivity contribution in [3.8, 4) is 0 Å². The van der Waals surface area contributed by atoms with Gasteiger partial charge in [-0.05, 0) is 12.0 Å². The Kier molecular flexibility index (Phi) is 4.65. The van der Waals surface area contributed by atoms with Crippen molar-refractivity contribution in [2.75, 3.05) is 13.1 Å². The summed E-state index contributed by atoms with van der Waals surface area (Å²) in [6, 6.07) is 9.07. The molecule has 0 fully saturated rings. The van der Waals surface area contributed by atoms with E-state index in [1.54, 1.807) is 0 Å². The fraction of sp³-hybridized carbons (Fsp3) is 0.444. The van der Waals surface area contributed by atoms with Crippen molar-refractivity contribution in [2.45, 2.75) is 38.6 Å². The molecule has 23 heavy (non-hydrogen) atoms. The van der Waals surface area contributed by atoms with Crippen LogP contribution in [-0.2, 0) is 4.79 Å². The van der Waals surface area contributed by atoms with Crippen LogP contribution in [0.15, 0.2) is 41.6 Å². The van der Waals surface area contributed by atoms with Crippen LogP contribution < -0.4 is 10.6 Å². The van der Waals surface area contributed by atoms with E-state index in [2.05, 4.69) is 17.6 Å². The molecule has 2 aliphatic rings. The summed E-state index contributed by atoms with van der Waals surface area (Å²) >= 11 is 0. The molecule has 2 heterocycles. The molecular formula is C18H23N3O2. The van der Waals surface area contributed by atoms with Gasteiger partial charge in [0.25, 0.3) is 5.91 Å². The van der Waals surface area contributed by atoms with Crippen LogP contribution in [0.5, 0.6) is 0 Å². The Hall–Kier alpha value is -2.30. The van der Waals surface area contributed by atoms with Crippen LogP contribution in [0.4, 0.5) is 4.79 Å². The van der Waals surface area contributed by atoms with Crippen LogP contribution in [0.25, 0.3) is 0 Å². The predicted octanol–water partition coefficient (Wildman–Crippen LogP) is 2.72. The van der Waals surface area contributed by atoms with Gasteiger partial charge in [-0.3, -0.25) is 4.79 Å². The van der Waals surface area contributed by atoms with E-state index in [4.69, 9.17) is 0 Å². The molecule has 0 saturated heterocycles. The lowest BCUT2D eigenvalue weighted by Gasteiger charge is -2.25. The van der Waals surface area contributed by atoms with Crippen molar-refractivity contribution in [1.82, 2.24) is 15.5 Å². The zero-order chi connectivity index (χ0) is 16.2. The molecule has 0 aliphatic carbocycles. The second-order valence-corrected chi connectivity index (χ2v) is 6.12. The SMILES string of the molecule is CCCCCCN1CC2=C(C1=O)[C@H](c1ccccc1)NC(=O)N2. The molecule has 0 spiro atoms. The maximum Gasteiger partial charge on any atom is 0.319 e. The molecule has 2 aliphatic heterocycles. The van der Waals surface area contributed by atoms with Crippen LogP contribution in [0.3, 0.4) is 0 Å². The largest absolute Gasteiger partial charge is 0.333 e. The Morgan fingerprint density at radius 1 is 1.13 bits per heavy atom. The van der Waals surface area contributed by atoms with Gasteiger partial charge in [0.1, 0.15) is 0 Å². The Bertz CT molecular complexity index is 624. The van der Waals surface area contributed by atoms with E-state index >= 15 is 0 Å². The third-order valence-corrected chi connectivity index (χ3v) is 4.43. The summed E-state index contributed by atoms with van der Waals surface area (Å²) in [6.07, 6.45) is 4.52. The van der Waals surface area contributed by atoms with E-state index in [9.17, 15) is 9.59 Å². The van der Waals surface area contributed by atoms with Crippen LogP contribution in [0.2, 0.25) is 0 Å². The van der Waals surface area contributed by atoms with E-state index in [1.165, 1.54) is 12.8 Å². The molecule has 0 radical (unpaired) electrons. The van der Waals surface area contributed by atoms with Gasteiger partial charge in [0.15, 0.2) is 0 Å². The van der Waals surface area contributed by atoms with Crippen molar-refractivity contribution in [1.29, 1.82) is 0 Å². The van der Waals surface area contributed by atoms with Gasteiger partial charge < -0.3 is 15.5 Å². The first-order valence-electron chi connectivity index (χ1n) is 8.35. The molecule has 2 N–H and O–H groups in total. The molecule has 1 aromatic rings. The number of benzene rings is 1. The minimum Gasteiger partial charge on any atom is -0.333 e. The van der Waals surface area contributed by atoms with E-state index in [0.29, 0.717) is 12.1 Å². The standard InChI is InChI=1S/C18H23N3O2/c1-2-3-4-8-11-21-12-14-15(17(21)22)16(20-18(23)19-14)13-9-6-5-7-10-13/h5-7,9-10,16H,2-4,8,11-12H2,1H3,(H2,19,20,23)/t16-/m0/s1. The first kappa shape index (κ1) is 15.6. The van der Waals surface area contributed by atoms with Gasteiger partial charge in [0.2, 0.25) is 0 Å². The first-order valence-corrected chi connectivity index (χ1v) is 8.35. The van der Waals surface area contributed by atoms with Crippen LogP contribution in [0, 0.1) is 0 Å². The normalized spacial score (nSPS) is 20.4. The highest BCUT2D eigenvalue weighted by Crippen LogP contribution is 2.32. The summed E-state index contributed by atoms with van der Waals surface area (Å²) in [7, 11) is 0. The summed E-state index contributed by atoms with van der Waals surface area (Å²) < 4.78 is 0. The molecule has 3 rings (SSSR count). The highest BCUT2D eigenvalue weighted by Gasteiger charge is 2.39. The van der Waals surface area contributed by atoms with Gasteiger partial charge in [0, 0.05) is 6.54 Å². The van der Waals surface area contributed by atoms with Gasteiger partial charge in [-0.25, -0.2) is 4.79 Å². The Labute approximate surface area is 136 Å². The lowest BCUT2D eigenvalue weighted by Crippen LogP contribution is -2.44. The fourth-order valence-corrected chi connectivity index (χ4v) is 3.23. The van der Waals surface area contributed by atoms with E-state index in [1.807, 2.05) is 35.2 Å². The molecular weight excluding hydrogens is 290 g/mol. The molecule has 3 amide bonds. The van der Waals surface area contributed by atoms with Crippen molar-refractivity contribution in [2.24, 2.45) is 0 Å². The average Bonchev–Trinajstić information content (AvgIpc) is 2.87. The lowest BCUT2D eigenvalue weighted by atomic mass is 9.96. The van der Waals surface area contributed by atoms with Gasteiger partial charge in [0.05, 0.1) is 23.9 Å². The third-order valence-electron chi connectivity index (χ3n) is 4.43. The topological polar surface area (TPSA) is 61.4 Å². The molecule has 5 heteroatoms. The molecule has 5 nitrogen and oxygen atoms in total. The minimum absolute atomic E-state index is 0.0397. The number of unbranched alkanes of at least 4 members (excludes halogenated alkanes) is 3. The van der Waals surface area contributed by atoms with E-state index in [-0.39, 0.29) is 18.0 Å². The second kappa shape index (κ2) is 6.86. The average molecular weight is 313 g/mol. The number of rotatable bonds is 6. The zero-order valence-electron chi connectivity index (χ0n) is 13.5. The van der Waals surface area contributed by atoms with Crippen molar-refractivity contribution >= 4 is 11.9 Å². The fourth-order valence-electron chi connectivity index (χ4n) is 3.23. The highest BCUT2D eigenvalue weighted by atomic mass is 16.2. The molecule has 1 aromatic carbocycles. The second-order valence-electron chi connectivity index (χ2n) is 6.12. The minimum atomic E-state index is -0.354. The summed E-state index contributed by atoms with van der Waals surface area (Å²) in [6.45, 7) is 3.44. The summed E-state index contributed by atoms with van der Waals surface area (Å²) in [4.78, 5) is 26.5. The van der Waals surface area contributed by atoms with Gasteiger partial charge in [-0.1, -0.05) is 56.5 Å². The monoisotopic (exact) mass is 313 g/mol. The van der Waals surface area contributed by atoms with Crippen LogP contribution in [-0.4, -0.2) is 29.9 Å². The summed E-state index contributed by atoms with van der Waals surface area (Å²) in [5.41, 5.74) is 2.38. The first-order chi connectivity index (χ1) is 11.2. The number of urea groups is 1. The number of hydrogen-bond acceptors (Lipinski definition) is 2. The molecule has 0 bridgehead atoms. The molecule has 0 saturated carbocycles. The highest BCUT2D eigenvalue weighted by molar-refractivity contribution is 6.01. The van der Waals surface area contributed by atoms with E-state index < -0.39 is 0 Å². The number of hydrogen-bond donors (Lipinski definition) is 2. The predicted molar refractivity (Wildman–Crippen MR) is 88.6 cm³/mol. The number of nitrogens with zero attached hydrogens (tertiary/aromatic N) is 1. The van der Waals surface area contributed by atoms with Crippen molar-refractivity contribution < 1.29 is 9.59 Å². The molecule has 122 valence electrons. The maximum absolute atomic E-state index is 12.8. The Morgan fingerprint density at radius 3 is 2.65 bits per heavy atom. The smallest absolute Gasteiger partial charge is 0.319 e. The molecule has 0 unspecified atom stereocenters. The lowest BCUT2D eigenvalue weighted by molar-refractivity contribution is -0.125. The van der Waals surface area contributed by atoms with Gasteiger partial charge in [-0.15, -0.1) is 0 Å². The van der Waals surface area contributed by atoms with Crippen LogP contribution >= 0.6 is 0 Å². The number of carbonyl (C=O) groups excluding carboxylic acids is 2.